The number of carbonyl (C=O) groups is 1. The topological polar surface area (TPSA) is 55.1 Å². The van der Waals surface area contributed by atoms with Crippen LogP contribution in [0, 0.1) is 17.0 Å². The number of amides is 1. The minimum absolute atomic E-state index is 0.252. The van der Waals surface area contributed by atoms with Crippen LogP contribution in [0.3, 0.4) is 0 Å². The molecule has 0 saturated carbocycles. The summed E-state index contributed by atoms with van der Waals surface area (Å²) in [6.45, 7) is 5.88. The van der Waals surface area contributed by atoms with E-state index in [-0.39, 0.29) is 12.0 Å². The van der Waals surface area contributed by atoms with Crippen LogP contribution in [0.15, 0.2) is 18.2 Å². The van der Waals surface area contributed by atoms with E-state index in [2.05, 4.69) is 5.32 Å². The Morgan fingerprint density at radius 1 is 1.33 bits per heavy atom. The molecule has 0 aliphatic heterocycles. The van der Waals surface area contributed by atoms with E-state index in [1.807, 2.05) is 20.8 Å². The van der Waals surface area contributed by atoms with Gasteiger partial charge in [-0.25, -0.2) is 8.78 Å². The average molecular weight is 256 g/mol. The molecular formula is C13H18F2N2O. The van der Waals surface area contributed by atoms with Crippen molar-refractivity contribution in [1.82, 2.24) is 5.32 Å². The minimum atomic E-state index is -0.902. The first-order valence-electron chi connectivity index (χ1n) is 5.68. The van der Waals surface area contributed by atoms with Gasteiger partial charge in [-0.3, -0.25) is 4.79 Å². The van der Waals surface area contributed by atoms with Crippen LogP contribution >= 0.6 is 0 Å². The highest BCUT2D eigenvalue weighted by atomic mass is 19.2. The summed E-state index contributed by atoms with van der Waals surface area (Å²) in [5.41, 5.74) is 5.52. The second kappa shape index (κ2) is 5.44. The van der Waals surface area contributed by atoms with Gasteiger partial charge in [0.2, 0.25) is 5.91 Å². The average Bonchev–Trinajstić information content (AvgIpc) is 2.21. The summed E-state index contributed by atoms with van der Waals surface area (Å²) in [4.78, 5) is 11.3. The Kier molecular flexibility index (Phi) is 4.40. The fraction of sp³-hybridized carbons (Fsp3) is 0.462. The molecule has 0 fully saturated rings. The molecule has 3 nitrogen and oxygen atoms in total. The van der Waals surface area contributed by atoms with Gasteiger partial charge in [0.1, 0.15) is 0 Å². The highest BCUT2D eigenvalue weighted by Gasteiger charge is 2.28. The summed E-state index contributed by atoms with van der Waals surface area (Å²) < 4.78 is 25.7. The molecule has 5 heteroatoms. The molecule has 3 N–H and O–H groups in total. The van der Waals surface area contributed by atoms with E-state index in [1.54, 1.807) is 0 Å². The summed E-state index contributed by atoms with van der Waals surface area (Å²) in [6, 6.07) is 3.09. The fourth-order valence-electron chi connectivity index (χ4n) is 1.70. The Balaban J connectivity index is 2.73. The molecular weight excluding hydrogens is 238 g/mol. The van der Waals surface area contributed by atoms with E-state index >= 15 is 0 Å². The summed E-state index contributed by atoms with van der Waals surface area (Å²) in [5, 5.41) is 2.96. The number of nitrogens with one attached hydrogen (secondary N) is 1. The van der Waals surface area contributed by atoms with E-state index in [0.29, 0.717) is 5.56 Å². The van der Waals surface area contributed by atoms with Crippen molar-refractivity contribution in [2.75, 3.05) is 0 Å². The molecule has 0 spiro atoms. The smallest absolute Gasteiger partial charge is 0.235 e. The summed E-state index contributed by atoms with van der Waals surface area (Å²) in [6.07, 6.45) is 0. The van der Waals surface area contributed by atoms with Crippen LogP contribution in [0.1, 0.15) is 26.3 Å². The summed E-state index contributed by atoms with van der Waals surface area (Å²) in [7, 11) is 0. The predicted octanol–water partition coefficient (Wildman–Crippen LogP) is 1.95. The van der Waals surface area contributed by atoms with Crippen LogP contribution < -0.4 is 11.1 Å². The first-order valence-corrected chi connectivity index (χ1v) is 5.68. The van der Waals surface area contributed by atoms with E-state index in [1.165, 1.54) is 6.07 Å². The lowest BCUT2D eigenvalue weighted by Crippen LogP contribution is -2.49. The molecule has 0 bridgehead atoms. The molecule has 0 aliphatic rings. The number of hydrogen-bond acceptors (Lipinski definition) is 2. The number of primary amides is 1. The lowest BCUT2D eigenvalue weighted by Gasteiger charge is -2.28. The van der Waals surface area contributed by atoms with Gasteiger partial charge in [-0.2, -0.15) is 0 Å². The molecule has 100 valence electrons. The number of rotatable bonds is 4. The van der Waals surface area contributed by atoms with Crippen molar-refractivity contribution < 1.29 is 13.6 Å². The third kappa shape index (κ3) is 3.77. The summed E-state index contributed by atoms with van der Waals surface area (Å²) in [5.74, 6) is -2.26. The first-order chi connectivity index (χ1) is 8.21. The van der Waals surface area contributed by atoms with Crippen LogP contribution in [0.4, 0.5) is 8.78 Å². The summed E-state index contributed by atoms with van der Waals surface area (Å²) >= 11 is 0. The first kappa shape index (κ1) is 14.6. The zero-order valence-corrected chi connectivity index (χ0v) is 10.8. The van der Waals surface area contributed by atoms with Crippen LogP contribution in [0.2, 0.25) is 0 Å². The van der Waals surface area contributed by atoms with Crippen LogP contribution in [0.5, 0.6) is 0 Å². The van der Waals surface area contributed by atoms with Gasteiger partial charge in [-0.1, -0.05) is 26.8 Å². The van der Waals surface area contributed by atoms with Crippen LogP contribution in [0.25, 0.3) is 0 Å². The van der Waals surface area contributed by atoms with Crippen molar-refractivity contribution in [2.24, 2.45) is 11.1 Å². The third-order valence-electron chi connectivity index (χ3n) is 2.64. The van der Waals surface area contributed by atoms with Gasteiger partial charge in [-0.15, -0.1) is 0 Å². The molecule has 1 atom stereocenters. The minimum Gasteiger partial charge on any atom is -0.368 e. The maximum absolute atomic E-state index is 13.0. The molecule has 0 aliphatic carbocycles. The molecule has 1 unspecified atom stereocenters. The molecule has 1 rings (SSSR count). The number of nitrogens with two attached hydrogens (primary N) is 1. The largest absolute Gasteiger partial charge is 0.368 e. The Morgan fingerprint density at radius 3 is 2.39 bits per heavy atom. The highest BCUT2D eigenvalue weighted by molar-refractivity contribution is 5.80. The van der Waals surface area contributed by atoms with Crippen LogP contribution in [-0.4, -0.2) is 11.9 Å². The lowest BCUT2D eigenvalue weighted by molar-refractivity contribution is -0.122. The van der Waals surface area contributed by atoms with Gasteiger partial charge >= 0.3 is 0 Å². The second-order valence-electron chi connectivity index (χ2n) is 5.33. The van der Waals surface area contributed by atoms with Gasteiger partial charge in [0.25, 0.3) is 0 Å². The van der Waals surface area contributed by atoms with Gasteiger partial charge < -0.3 is 11.1 Å². The fourth-order valence-corrected chi connectivity index (χ4v) is 1.70. The van der Waals surface area contributed by atoms with Gasteiger partial charge in [0, 0.05) is 6.54 Å². The zero-order chi connectivity index (χ0) is 13.9. The predicted molar refractivity (Wildman–Crippen MR) is 65.6 cm³/mol. The molecule has 0 saturated heterocycles. The molecule has 1 aromatic carbocycles. The van der Waals surface area contributed by atoms with Crippen molar-refractivity contribution in [3.8, 4) is 0 Å². The molecule has 1 aromatic rings. The van der Waals surface area contributed by atoms with Crippen molar-refractivity contribution in [3.63, 3.8) is 0 Å². The maximum Gasteiger partial charge on any atom is 0.235 e. The Hall–Kier alpha value is -1.49. The van der Waals surface area contributed by atoms with Crippen molar-refractivity contribution in [3.05, 3.63) is 35.4 Å². The number of carbonyl (C=O) groups excluding carboxylic acids is 1. The number of hydrogen-bond donors (Lipinski definition) is 2. The SMILES string of the molecule is CC(C)(C)C(NCc1ccc(F)c(F)c1)C(N)=O. The van der Waals surface area contributed by atoms with Crippen molar-refractivity contribution in [2.45, 2.75) is 33.4 Å². The lowest BCUT2D eigenvalue weighted by atomic mass is 9.86. The quantitative estimate of drug-likeness (QED) is 0.865. The number of benzene rings is 1. The van der Waals surface area contributed by atoms with Gasteiger partial charge in [0.15, 0.2) is 11.6 Å². The molecule has 0 heterocycles. The van der Waals surface area contributed by atoms with Crippen molar-refractivity contribution >= 4 is 5.91 Å². The van der Waals surface area contributed by atoms with E-state index < -0.39 is 23.6 Å². The maximum atomic E-state index is 13.0. The van der Waals surface area contributed by atoms with Crippen molar-refractivity contribution in [1.29, 1.82) is 0 Å². The molecule has 0 radical (unpaired) electrons. The highest BCUT2D eigenvalue weighted by Crippen LogP contribution is 2.19. The molecule has 18 heavy (non-hydrogen) atoms. The monoisotopic (exact) mass is 256 g/mol. The van der Waals surface area contributed by atoms with Crippen LogP contribution in [-0.2, 0) is 11.3 Å². The van der Waals surface area contributed by atoms with Gasteiger partial charge in [0.05, 0.1) is 6.04 Å². The Morgan fingerprint density at radius 2 is 1.94 bits per heavy atom. The third-order valence-corrected chi connectivity index (χ3v) is 2.64. The normalized spacial score (nSPS) is 13.4. The van der Waals surface area contributed by atoms with E-state index in [4.69, 9.17) is 5.73 Å². The molecule has 0 aromatic heterocycles. The Bertz CT molecular complexity index is 441. The number of halogens is 2. The Labute approximate surface area is 105 Å². The standard InChI is InChI=1S/C13H18F2N2O/c1-13(2,3)11(12(16)18)17-7-8-4-5-9(14)10(15)6-8/h4-6,11,17H,7H2,1-3H3,(H2,16,18). The zero-order valence-electron chi connectivity index (χ0n) is 10.8. The molecule has 1 amide bonds. The van der Waals surface area contributed by atoms with E-state index in [9.17, 15) is 13.6 Å². The second-order valence-corrected chi connectivity index (χ2v) is 5.33. The van der Waals surface area contributed by atoms with E-state index in [0.717, 1.165) is 12.1 Å². The van der Waals surface area contributed by atoms with Gasteiger partial charge in [-0.05, 0) is 23.1 Å².